The van der Waals surface area contributed by atoms with Gasteiger partial charge in [-0.3, -0.25) is 0 Å². The minimum Gasteiger partial charge on any atom is -0.319 e. The Morgan fingerprint density at radius 3 is 2.67 bits per heavy atom. The summed E-state index contributed by atoms with van der Waals surface area (Å²) in [6, 6.07) is 4.53. The first-order valence-corrected chi connectivity index (χ1v) is 8.70. The van der Waals surface area contributed by atoms with Crippen LogP contribution in [-0.2, 0) is 12.8 Å². The van der Waals surface area contributed by atoms with Crippen LogP contribution in [0.25, 0.3) is 0 Å². The minimum atomic E-state index is 0.0358. The van der Waals surface area contributed by atoms with Gasteiger partial charge in [0.2, 0.25) is 0 Å². The molecule has 0 aliphatic heterocycles. The molecule has 0 bridgehead atoms. The number of halogens is 1. The predicted molar refractivity (Wildman–Crippen MR) is 83.7 cm³/mol. The van der Waals surface area contributed by atoms with Gasteiger partial charge in [-0.05, 0) is 66.2 Å². The fourth-order valence-corrected chi connectivity index (χ4v) is 5.77. The Balaban J connectivity index is 1.94. The molecule has 2 N–H and O–H groups in total. The van der Waals surface area contributed by atoms with E-state index in [4.69, 9.17) is 5.73 Å². The Labute approximate surface area is 124 Å². The molecule has 3 rings (SSSR count). The van der Waals surface area contributed by atoms with Crippen molar-refractivity contribution >= 4 is 38.6 Å². The van der Waals surface area contributed by atoms with Crippen molar-refractivity contribution in [2.75, 3.05) is 0 Å². The Bertz CT molecular complexity index is 547. The third-order valence-corrected chi connectivity index (χ3v) is 6.81. The van der Waals surface area contributed by atoms with E-state index in [1.54, 1.807) is 21.8 Å². The lowest BCUT2D eigenvalue weighted by atomic mass is 9.99. The number of hydrogen-bond donors (Lipinski definition) is 1. The van der Waals surface area contributed by atoms with E-state index in [-0.39, 0.29) is 6.04 Å². The van der Waals surface area contributed by atoms with Crippen LogP contribution in [0, 0.1) is 6.92 Å². The topological polar surface area (TPSA) is 26.0 Å². The number of aryl methyl sites for hydroxylation is 3. The predicted octanol–water partition coefficient (Wildman–Crippen LogP) is 4.81. The molecular weight excluding hydrogens is 326 g/mol. The van der Waals surface area contributed by atoms with Gasteiger partial charge >= 0.3 is 0 Å². The largest absolute Gasteiger partial charge is 0.319 e. The number of hydrogen-bond acceptors (Lipinski definition) is 3. The average Bonchev–Trinajstić information content (AvgIpc) is 2.91. The summed E-state index contributed by atoms with van der Waals surface area (Å²) in [6.07, 6.45) is 5.16. The highest BCUT2D eigenvalue weighted by atomic mass is 79.9. The van der Waals surface area contributed by atoms with Crippen molar-refractivity contribution in [1.29, 1.82) is 0 Å². The molecule has 0 radical (unpaired) electrons. The molecule has 1 nitrogen and oxygen atoms in total. The maximum Gasteiger partial charge on any atom is 0.0751 e. The van der Waals surface area contributed by atoms with E-state index in [2.05, 4.69) is 35.0 Å². The molecule has 0 aromatic carbocycles. The van der Waals surface area contributed by atoms with E-state index in [1.807, 2.05) is 11.3 Å². The zero-order chi connectivity index (χ0) is 12.7. The molecule has 2 aromatic rings. The van der Waals surface area contributed by atoms with E-state index in [0.29, 0.717) is 0 Å². The van der Waals surface area contributed by atoms with Crippen molar-refractivity contribution in [3.63, 3.8) is 0 Å². The van der Waals surface area contributed by atoms with E-state index >= 15 is 0 Å². The highest BCUT2D eigenvalue weighted by Gasteiger charge is 2.20. The van der Waals surface area contributed by atoms with Crippen LogP contribution in [-0.4, -0.2) is 0 Å². The van der Waals surface area contributed by atoms with Crippen LogP contribution < -0.4 is 5.73 Å². The molecule has 2 aromatic heterocycles. The van der Waals surface area contributed by atoms with Gasteiger partial charge in [0.05, 0.1) is 6.04 Å². The second-order valence-corrected chi connectivity index (χ2v) is 8.16. The summed E-state index contributed by atoms with van der Waals surface area (Å²) in [7, 11) is 0. The monoisotopic (exact) mass is 341 g/mol. The van der Waals surface area contributed by atoms with E-state index < -0.39 is 0 Å². The van der Waals surface area contributed by atoms with Crippen LogP contribution in [0.5, 0.6) is 0 Å². The molecule has 1 atom stereocenters. The first-order valence-electron chi connectivity index (χ1n) is 6.28. The first-order chi connectivity index (χ1) is 8.65. The lowest BCUT2D eigenvalue weighted by Gasteiger charge is -2.08. The maximum absolute atomic E-state index is 6.43. The molecule has 0 saturated heterocycles. The van der Waals surface area contributed by atoms with Crippen molar-refractivity contribution < 1.29 is 0 Å². The quantitative estimate of drug-likeness (QED) is 0.833. The molecule has 1 aliphatic carbocycles. The molecule has 0 amide bonds. The molecule has 4 heteroatoms. The van der Waals surface area contributed by atoms with Gasteiger partial charge in [0.1, 0.15) is 0 Å². The van der Waals surface area contributed by atoms with Gasteiger partial charge in [-0.25, -0.2) is 0 Å². The summed E-state index contributed by atoms with van der Waals surface area (Å²) in [5, 5.41) is 0. The Kier molecular flexibility index (Phi) is 3.63. The number of fused-ring (bicyclic) bond motifs is 1. The summed E-state index contributed by atoms with van der Waals surface area (Å²) in [6.45, 7) is 2.13. The van der Waals surface area contributed by atoms with E-state index in [1.165, 1.54) is 40.3 Å². The van der Waals surface area contributed by atoms with Crippen molar-refractivity contribution in [2.24, 2.45) is 5.73 Å². The zero-order valence-electron chi connectivity index (χ0n) is 10.3. The fourth-order valence-electron chi connectivity index (χ4n) is 2.51. The van der Waals surface area contributed by atoms with E-state index in [9.17, 15) is 0 Å². The van der Waals surface area contributed by atoms with Gasteiger partial charge in [-0.2, -0.15) is 0 Å². The Hall–Kier alpha value is -0.160. The number of nitrogens with two attached hydrogens (primary N) is 1. The van der Waals surface area contributed by atoms with Gasteiger partial charge in [-0.1, -0.05) is 0 Å². The second kappa shape index (κ2) is 5.08. The standard InChI is InChI=1S/C14H16BrNS2/c1-8-6-10(15)14(17-8)13(16)12-7-9-4-2-3-5-11(9)18-12/h6-7,13H,2-5,16H2,1H3. The number of rotatable bonds is 2. The summed E-state index contributed by atoms with van der Waals surface area (Å²) in [5.41, 5.74) is 7.98. The zero-order valence-corrected chi connectivity index (χ0v) is 13.6. The summed E-state index contributed by atoms with van der Waals surface area (Å²) < 4.78 is 1.16. The third-order valence-electron chi connectivity index (χ3n) is 3.44. The van der Waals surface area contributed by atoms with Crippen molar-refractivity contribution in [3.05, 3.63) is 41.7 Å². The molecule has 1 aliphatic rings. The van der Waals surface area contributed by atoms with Gasteiger partial charge in [-0.15, -0.1) is 22.7 Å². The molecule has 2 heterocycles. The van der Waals surface area contributed by atoms with Crippen LogP contribution in [0.2, 0.25) is 0 Å². The second-order valence-electron chi connectivity index (χ2n) is 4.85. The molecule has 1 unspecified atom stereocenters. The lowest BCUT2D eigenvalue weighted by Crippen LogP contribution is -2.08. The SMILES string of the molecule is Cc1cc(Br)c(C(N)c2cc3c(s2)CCCC3)s1. The van der Waals surface area contributed by atoms with Crippen LogP contribution in [0.15, 0.2) is 16.6 Å². The highest BCUT2D eigenvalue weighted by molar-refractivity contribution is 9.10. The smallest absolute Gasteiger partial charge is 0.0751 e. The van der Waals surface area contributed by atoms with Crippen LogP contribution in [0.1, 0.15) is 44.0 Å². The number of thiophene rings is 2. The Morgan fingerprint density at radius 2 is 2.00 bits per heavy atom. The molecule has 0 saturated carbocycles. The lowest BCUT2D eigenvalue weighted by molar-refractivity contribution is 0.696. The molecule has 0 fully saturated rings. The van der Waals surface area contributed by atoms with Gasteiger partial charge < -0.3 is 5.73 Å². The summed E-state index contributed by atoms with van der Waals surface area (Å²) in [4.78, 5) is 5.46. The van der Waals surface area contributed by atoms with Gasteiger partial charge in [0.25, 0.3) is 0 Å². The first kappa shape index (κ1) is 12.9. The van der Waals surface area contributed by atoms with Gasteiger partial charge in [0, 0.05) is 24.0 Å². The van der Waals surface area contributed by atoms with Crippen LogP contribution in [0.3, 0.4) is 0 Å². The molecule has 18 heavy (non-hydrogen) atoms. The Morgan fingerprint density at radius 1 is 1.22 bits per heavy atom. The average molecular weight is 342 g/mol. The molecule has 96 valence electrons. The van der Waals surface area contributed by atoms with Gasteiger partial charge in [0.15, 0.2) is 0 Å². The molecular formula is C14H16BrNS2. The van der Waals surface area contributed by atoms with E-state index in [0.717, 1.165) is 4.47 Å². The van der Waals surface area contributed by atoms with Crippen LogP contribution in [0.4, 0.5) is 0 Å². The molecule has 0 spiro atoms. The van der Waals surface area contributed by atoms with Crippen molar-refractivity contribution in [3.8, 4) is 0 Å². The minimum absolute atomic E-state index is 0.0358. The van der Waals surface area contributed by atoms with Crippen molar-refractivity contribution in [1.82, 2.24) is 0 Å². The maximum atomic E-state index is 6.43. The fraction of sp³-hybridized carbons (Fsp3) is 0.429. The highest BCUT2D eigenvalue weighted by Crippen LogP contribution is 2.39. The summed E-state index contributed by atoms with van der Waals surface area (Å²) >= 11 is 7.34. The van der Waals surface area contributed by atoms with Crippen molar-refractivity contribution in [2.45, 2.75) is 38.6 Å². The third kappa shape index (κ3) is 2.31. The summed E-state index contributed by atoms with van der Waals surface area (Å²) in [5.74, 6) is 0. The van der Waals surface area contributed by atoms with Crippen LogP contribution >= 0.6 is 38.6 Å². The normalized spacial score (nSPS) is 16.6.